The van der Waals surface area contributed by atoms with E-state index >= 15 is 0 Å². The highest BCUT2D eigenvalue weighted by Crippen LogP contribution is 2.37. The highest BCUT2D eigenvalue weighted by Gasteiger charge is 2.44. The van der Waals surface area contributed by atoms with E-state index in [0.717, 1.165) is 31.8 Å². The zero-order chi connectivity index (χ0) is 14.9. The number of hydrogen-bond acceptors (Lipinski definition) is 4. The standard InChI is InChI=1S/C17H24N2O2S/c20-17(18-11-13-5-2-10-22-13)16-7-6-14-15(21-16)8-9-19(14)12-3-1-4-12/h2,5,10,12,14-16H,1,3-4,6-9,11H2,(H,18,20)/t14-,15-,16-/m1/s1. The molecule has 120 valence electrons. The Morgan fingerprint density at radius 2 is 2.23 bits per heavy atom. The Balaban J connectivity index is 1.29. The Morgan fingerprint density at radius 3 is 2.95 bits per heavy atom. The van der Waals surface area contributed by atoms with Crippen LogP contribution in [0.2, 0.25) is 0 Å². The fourth-order valence-corrected chi connectivity index (χ4v) is 4.67. The summed E-state index contributed by atoms with van der Waals surface area (Å²) in [5, 5.41) is 5.06. The van der Waals surface area contributed by atoms with Crippen molar-refractivity contribution in [3.05, 3.63) is 22.4 Å². The van der Waals surface area contributed by atoms with Crippen LogP contribution in [0, 0.1) is 0 Å². The van der Waals surface area contributed by atoms with Gasteiger partial charge in [0.15, 0.2) is 0 Å². The molecule has 0 aromatic carbocycles. The smallest absolute Gasteiger partial charge is 0.249 e. The van der Waals surface area contributed by atoms with E-state index in [9.17, 15) is 4.79 Å². The number of ether oxygens (including phenoxy) is 1. The van der Waals surface area contributed by atoms with E-state index in [2.05, 4.69) is 16.3 Å². The number of thiophene rings is 1. The number of hydrogen-bond donors (Lipinski definition) is 1. The van der Waals surface area contributed by atoms with Gasteiger partial charge in [-0.05, 0) is 43.6 Å². The Labute approximate surface area is 135 Å². The van der Waals surface area contributed by atoms with Crippen LogP contribution in [0.25, 0.3) is 0 Å². The molecule has 1 aliphatic carbocycles. The Morgan fingerprint density at radius 1 is 1.32 bits per heavy atom. The molecule has 3 atom stereocenters. The monoisotopic (exact) mass is 320 g/mol. The molecule has 4 rings (SSSR count). The lowest BCUT2D eigenvalue weighted by Crippen LogP contribution is -2.51. The first kappa shape index (κ1) is 14.7. The third-order valence-electron chi connectivity index (χ3n) is 5.44. The van der Waals surface area contributed by atoms with Gasteiger partial charge in [0, 0.05) is 23.5 Å². The summed E-state index contributed by atoms with van der Waals surface area (Å²) in [6.07, 6.45) is 7.18. The molecule has 5 heteroatoms. The second-order valence-electron chi connectivity index (χ2n) is 6.72. The van der Waals surface area contributed by atoms with E-state index in [1.165, 1.54) is 24.1 Å². The van der Waals surface area contributed by atoms with Crippen LogP contribution in [0.1, 0.15) is 43.4 Å². The van der Waals surface area contributed by atoms with Crippen LogP contribution in [0.4, 0.5) is 0 Å². The maximum atomic E-state index is 12.3. The van der Waals surface area contributed by atoms with Gasteiger partial charge in [-0.3, -0.25) is 9.69 Å². The first-order valence-corrected chi connectivity index (χ1v) is 9.40. The number of carbonyl (C=O) groups is 1. The number of rotatable bonds is 4. The van der Waals surface area contributed by atoms with Crippen LogP contribution in [-0.4, -0.2) is 41.6 Å². The molecule has 0 bridgehead atoms. The van der Waals surface area contributed by atoms with E-state index in [0.29, 0.717) is 12.6 Å². The van der Waals surface area contributed by atoms with Crippen LogP contribution in [0.15, 0.2) is 17.5 Å². The second kappa shape index (κ2) is 6.30. The minimum absolute atomic E-state index is 0.0638. The summed E-state index contributed by atoms with van der Waals surface area (Å²) >= 11 is 1.68. The molecule has 0 unspecified atom stereocenters. The molecule has 2 aliphatic heterocycles. The van der Waals surface area contributed by atoms with E-state index in [-0.39, 0.29) is 18.1 Å². The average molecular weight is 320 g/mol. The molecule has 0 radical (unpaired) electrons. The summed E-state index contributed by atoms with van der Waals surface area (Å²) in [5.41, 5.74) is 0. The summed E-state index contributed by atoms with van der Waals surface area (Å²) < 4.78 is 6.14. The lowest BCUT2D eigenvalue weighted by Gasteiger charge is -2.42. The number of nitrogens with zero attached hydrogens (tertiary/aromatic N) is 1. The quantitative estimate of drug-likeness (QED) is 0.927. The average Bonchev–Trinajstić information content (AvgIpc) is 3.12. The van der Waals surface area contributed by atoms with E-state index in [4.69, 9.17) is 4.74 Å². The van der Waals surface area contributed by atoms with Gasteiger partial charge in [-0.1, -0.05) is 12.5 Å². The van der Waals surface area contributed by atoms with Crippen LogP contribution < -0.4 is 5.32 Å². The molecule has 2 saturated heterocycles. The van der Waals surface area contributed by atoms with Crippen molar-refractivity contribution >= 4 is 17.2 Å². The van der Waals surface area contributed by atoms with Gasteiger partial charge in [0.25, 0.3) is 0 Å². The molecule has 1 aromatic heterocycles. The van der Waals surface area contributed by atoms with Crippen molar-refractivity contribution in [2.75, 3.05) is 6.54 Å². The largest absolute Gasteiger partial charge is 0.363 e. The van der Waals surface area contributed by atoms with Crippen molar-refractivity contribution in [2.45, 2.75) is 69.4 Å². The molecule has 3 heterocycles. The van der Waals surface area contributed by atoms with Gasteiger partial charge in [-0.25, -0.2) is 0 Å². The number of fused-ring (bicyclic) bond motifs is 1. The zero-order valence-electron chi connectivity index (χ0n) is 12.9. The lowest BCUT2D eigenvalue weighted by molar-refractivity contribution is -0.144. The van der Waals surface area contributed by atoms with Gasteiger partial charge in [0.1, 0.15) is 6.10 Å². The molecular formula is C17H24N2O2S. The normalized spacial score (nSPS) is 32.5. The first-order chi connectivity index (χ1) is 10.8. The van der Waals surface area contributed by atoms with Crippen molar-refractivity contribution in [3.63, 3.8) is 0 Å². The molecule has 3 fully saturated rings. The summed E-state index contributed by atoms with van der Waals surface area (Å²) in [6.45, 7) is 1.78. The third kappa shape index (κ3) is 2.82. The predicted octanol–water partition coefficient (Wildman–Crippen LogP) is 2.54. The van der Waals surface area contributed by atoms with Gasteiger partial charge < -0.3 is 10.1 Å². The molecule has 1 N–H and O–H groups in total. The number of likely N-dealkylation sites (tertiary alicyclic amines) is 1. The zero-order valence-corrected chi connectivity index (χ0v) is 13.7. The maximum absolute atomic E-state index is 12.3. The first-order valence-electron chi connectivity index (χ1n) is 8.52. The Hall–Kier alpha value is -0.910. The number of carbonyl (C=O) groups excluding carboxylic acids is 1. The SMILES string of the molecule is O=C(NCc1cccs1)[C@H]1CC[C@@H]2[C@@H](CCN2C2CCC2)O1. The van der Waals surface area contributed by atoms with E-state index in [1.807, 2.05) is 11.4 Å². The van der Waals surface area contributed by atoms with Crippen LogP contribution in [0.3, 0.4) is 0 Å². The molecule has 1 amide bonds. The fourth-order valence-electron chi connectivity index (χ4n) is 4.03. The summed E-state index contributed by atoms with van der Waals surface area (Å²) in [7, 11) is 0. The molecule has 4 nitrogen and oxygen atoms in total. The highest BCUT2D eigenvalue weighted by molar-refractivity contribution is 7.09. The topological polar surface area (TPSA) is 41.6 Å². The second-order valence-corrected chi connectivity index (χ2v) is 7.75. The number of amides is 1. The summed E-state index contributed by atoms with van der Waals surface area (Å²) in [4.78, 5) is 16.2. The molecule has 22 heavy (non-hydrogen) atoms. The van der Waals surface area contributed by atoms with Gasteiger partial charge in [-0.15, -0.1) is 11.3 Å². The molecule has 0 spiro atoms. The van der Waals surface area contributed by atoms with E-state index < -0.39 is 0 Å². The highest BCUT2D eigenvalue weighted by atomic mass is 32.1. The van der Waals surface area contributed by atoms with Crippen LogP contribution in [0.5, 0.6) is 0 Å². The molecular weight excluding hydrogens is 296 g/mol. The minimum Gasteiger partial charge on any atom is -0.363 e. The maximum Gasteiger partial charge on any atom is 0.249 e. The van der Waals surface area contributed by atoms with Crippen LogP contribution in [-0.2, 0) is 16.1 Å². The summed E-state index contributed by atoms with van der Waals surface area (Å²) in [5.74, 6) is 0.0638. The fraction of sp³-hybridized carbons (Fsp3) is 0.706. The summed E-state index contributed by atoms with van der Waals surface area (Å²) in [6, 6.07) is 5.42. The van der Waals surface area contributed by atoms with Gasteiger partial charge >= 0.3 is 0 Å². The Bertz CT molecular complexity index is 515. The third-order valence-corrected chi connectivity index (χ3v) is 6.32. The van der Waals surface area contributed by atoms with Crippen molar-refractivity contribution < 1.29 is 9.53 Å². The Kier molecular flexibility index (Phi) is 4.20. The van der Waals surface area contributed by atoms with Crippen molar-refractivity contribution in [1.82, 2.24) is 10.2 Å². The van der Waals surface area contributed by atoms with Crippen LogP contribution >= 0.6 is 11.3 Å². The minimum atomic E-state index is -0.248. The van der Waals surface area contributed by atoms with Gasteiger partial charge in [-0.2, -0.15) is 0 Å². The van der Waals surface area contributed by atoms with Crippen molar-refractivity contribution in [3.8, 4) is 0 Å². The number of nitrogens with one attached hydrogen (secondary N) is 1. The van der Waals surface area contributed by atoms with E-state index in [1.54, 1.807) is 11.3 Å². The predicted molar refractivity (Wildman–Crippen MR) is 86.8 cm³/mol. The molecule has 1 saturated carbocycles. The molecule has 1 aromatic rings. The lowest BCUT2D eigenvalue weighted by atomic mass is 9.89. The van der Waals surface area contributed by atoms with Crippen molar-refractivity contribution in [2.24, 2.45) is 0 Å². The molecule has 3 aliphatic rings. The van der Waals surface area contributed by atoms with Gasteiger partial charge in [0.05, 0.1) is 12.6 Å². The van der Waals surface area contributed by atoms with Crippen molar-refractivity contribution in [1.29, 1.82) is 0 Å². The van der Waals surface area contributed by atoms with Gasteiger partial charge in [0.2, 0.25) is 5.91 Å².